The molecule has 0 aliphatic heterocycles. The highest BCUT2D eigenvalue weighted by molar-refractivity contribution is 9.10. The van der Waals surface area contributed by atoms with E-state index in [1.807, 2.05) is 32.0 Å². The van der Waals surface area contributed by atoms with Crippen LogP contribution in [0.5, 0.6) is 0 Å². The quantitative estimate of drug-likeness (QED) is 0.848. The summed E-state index contributed by atoms with van der Waals surface area (Å²) in [5, 5.41) is 2.75. The van der Waals surface area contributed by atoms with E-state index in [1.165, 1.54) is 0 Å². The van der Waals surface area contributed by atoms with Crippen molar-refractivity contribution in [3.63, 3.8) is 0 Å². The van der Waals surface area contributed by atoms with Crippen LogP contribution in [0.25, 0.3) is 0 Å². The Labute approximate surface area is 86.5 Å². The van der Waals surface area contributed by atoms with Crippen LogP contribution in [0.3, 0.4) is 0 Å². The van der Waals surface area contributed by atoms with Crippen LogP contribution in [0.15, 0.2) is 22.7 Å². The molecule has 1 aromatic carbocycles. The van der Waals surface area contributed by atoms with Gasteiger partial charge in [0.25, 0.3) is 5.91 Å². The van der Waals surface area contributed by atoms with Gasteiger partial charge in [0.15, 0.2) is 0 Å². The zero-order valence-corrected chi connectivity index (χ0v) is 9.31. The van der Waals surface area contributed by atoms with Crippen LogP contribution < -0.4 is 5.32 Å². The van der Waals surface area contributed by atoms with Gasteiger partial charge < -0.3 is 5.32 Å². The van der Waals surface area contributed by atoms with Gasteiger partial charge in [0, 0.05) is 16.6 Å². The van der Waals surface area contributed by atoms with E-state index in [9.17, 15) is 4.79 Å². The summed E-state index contributed by atoms with van der Waals surface area (Å²) in [7, 11) is 0. The van der Waals surface area contributed by atoms with E-state index >= 15 is 0 Å². The number of carbonyl (C=O) groups excluding carboxylic acids is 1. The van der Waals surface area contributed by atoms with Crippen molar-refractivity contribution in [2.45, 2.75) is 13.8 Å². The number of rotatable bonds is 2. The van der Waals surface area contributed by atoms with E-state index in [1.54, 1.807) is 0 Å². The monoisotopic (exact) mass is 241 g/mol. The number of aryl methyl sites for hydroxylation is 1. The Morgan fingerprint density at radius 1 is 1.54 bits per heavy atom. The van der Waals surface area contributed by atoms with Gasteiger partial charge in [-0.25, -0.2) is 0 Å². The first-order chi connectivity index (χ1) is 6.15. The van der Waals surface area contributed by atoms with Gasteiger partial charge in [-0.1, -0.05) is 15.9 Å². The molecular weight excluding hydrogens is 230 g/mol. The molecule has 3 heteroatoms. The average Bonchev–Trinajstić information content (AvgIpc) is 2.10. The normalized spacial score (nSPS) is 9.77. The maximum atomic E-state index is 11.4. The van der Waals surface area contributed by atoms with E-state index < -0.39 is 0 Å². The van der Waals surface area contributed by atoms with Crippen molar-refractivity contribution in [1.29, 1.82) is 0 Å². The van der Waals surface area contributed by atoms with Gasteiger partial charge in [-0.15, -0.1) is 0 Å². The lowest BCUT2D eigenvalue weighted by molar-refractivity contribution is 0.0955. The van der Waals surface area contributed by atoms with Crippen LogP contribution in [-0.4, -0.2) is 12.5 Å². The topological polar surface area (TPSA) is 29.1 Å². The van der Waals surface area contributed by atoms with Crippen molar-refractivity contribution >= 4 is 21.8 Å². The summed E-state index contributed by atoms with van der Waals surface area (Å²) in [6, 6.07) is 5.57. The van der Waals surface area contributed by atoms with Crippen LogP contribution in [0.4, 0.5) is 0 Å². The maximum absolute atomic E-state index is 11.4. The molecule has 0 unspecified atom stereocenters. The Bertz CT molecular complexity index is 323. The zero-order chi connectivity index (χ0) is 9.84. The molecule has 1 rings (SSSR count). The molecule has 0 atom stereocenters. The number of carbonyl (C=O) groups is 1. The molecule has 0 radical (unpaired) electrons. The van der Waals surface area contributed by atoms with E-state index in [-0.39, 0.29) is 5.91 Å². The smallest absolute Gasteiger partial charge is 0.251 e. The Kier molecular flexibility index (Phi) is 3.48. The maximum Gasteiger partial charge on any atom is 0.251 e. The minimum absolute atomic E-state index is 0.0156. The standard InChI is InChI=1S/C10H12BrNO/c1-3-12-10(13)8-4-5-9(11)7(2)6-8/h4-6H,3H2,1-2H3,(H,12,13). The van der Waals surface area contributed by atoms with Crippen LogP contribution in [0.2, 0.25) is 0 Å². The third-order valence-corrected chi connectivity index (χ3v) is 2.65. The highest BCUT2D eigenvalue weighted by atomic mass is 79.9. The van der Waals surface area contributed by atoms with Crippen LogP contribution in [0.1, 0.15) is 22.8 Å². The second kappa shape index (κ2) is 4.42. The molecule has 0 saturated carbocycles. The predicted octanol–water partition coefficient (Wildman–Crippen LogP) is 2.51. The molecule has 13 heavy (non-hydrogen) atoms. The zero-order valence-electron chi connectivity index (χ0n) is 7.73. The van der Waals surface area contributed by atoms with Crippen molar-refractivity contribution in [3.05, 3.63) is 33.8 Å². The largest absolute Gasteiger partial charge is 0.352 e. The number of amides is 1. The summed E-state index contributed by atoms with van der Waals surface area (Å²) >= 11 is 3.39. The highest BCUT2D eigenvalue weighted by Crippen LogP contribution is 2.16. The van der Waals surface area contributed by atoms with Gasteiger partial charge in [-0.3, -0.25) is 4.79 Å². The van der Waals surface area contributed by atoms with Crippen LogP contribution >= 0.6 is 15.9 Å². The molecule has 0 aliphatic carbocycles. The Balaban J connectivity index is 2.90. The number of benzene rings is 1. The van der Waals surface area contributed by atoms with Gasteiger partial charge in [-0.05, 0) is 37.6 Å². The van der Waals surface area contributed by atoms with Crippen molar-refractivity contribution in [2.75, 3.05) is 6.54 Å². The lowest BCUT2D eigenvalue weighted by atomic mass is 10.1. The molecule has 1 N–H and O–H groups in total. The van der Waals surface area contributed by atoms with Crippen LogP contribution in [-0.2, 0) is 0 Å². The molecule has 0 aromatic heterocycles. The summed E-state index contributed by atoms with van der Waals surface area (Å²) in [5.41, 5.74) is 1.78. The first-order valence-electron chi connectivity index (χ1n) is 4.19. The minimum atomic E-state index is -0.0156. The molecule has 0 bridgehead atoms. The molecule has 0 saturated heterocycles. The van der Waals surface area contributed by atoms with E-state index in [0.29, 0.717) is 12.1 Å². The van der Waals surface area contributed by atoms with Crippen molar-refractivity contribution in [1.82, 2.24) is 5.32 Å². The fourth-order valence-electron chi connectivity index (χ4n) is 1.05. The number of hydrogen-bond donors (Lipinski definition) is 1. The lowest BCUT2D eigenvalue weighted by Gasteiger charge is -2.03. The SMILES string of the molecule is CCNC(=O)c1ccc(Br)c(C)c1. The molecule has 1 aromatic rings. The van der Waals surface area contributed by atoms with E-state index in [4.69, 9.17) is 0 Å². The van der Waals surface area contributed by atoms with E-state index in [0.717, 1.165) is 10.0 Å². The number of hydrogen-bond acceptors (Lipinski definition) is 1. The average molecular weight is 242 g/mol. The second-order valence-electron chi connectivity index (χ2n) is 2.82. The molecule has 1 amide bonds. The van der Waals surface area contributed by atoms with Crippen molar-refractivity contribution in [3.8, 4) is 0 Å². The predicted molar refractivity (Wildman–Crippen MR) is 56.9 cm³/mol. The second-order valence-corrected chi connectivity index (χ2v) is 3.68. The molecular formula is C10H12BrNO. The third-order valence-electron chi connectivity index (χ3n) is 1.76. The van der Waals surface area contributed by atoms with Gasteiger partial charge >= 0.3 is 0 Å². The third kappa shape index (κ3) is 2.56. The molecule has 2 nitrogen and oxygen atoms in total. The van der Waals surface area contributed by atoms with Gasteiger partial charge in [0.05, 0.1) is 0 Å². The Morgan fingerprint density at radius 3 is 2.77 bits per heavy atom. The number of nitrogens with one attached hydrogen (secondary N) is 1. The Hall–Kier alpha value is -0.830. The van der Waals surface area contributed by atoms with Gasteiger partial charge in [0.2, 0.25) is 0 Å². The molecule has 0 aliphatic rings. The van der Waals surface area contributed by atoms with Crippen LogP contribution in [0, 0.1) is 6.92 Å². The van der Waals surface area contributed by atoms with Crippen molar-refractivity contribution < 1.29 is 4.79 Å². The summed E-state index contributed by atoms with van der Waals surface area (Å²) in [6.07, 6.45) is 0. The lowest BCUT2D eigenvalue weighted by Crippen LogP contribution is -2.22. The minimum Gasteiger partial charge on any atom is -0.352 e. The van der Waals surface area contributed by atoms with Gasteiger partial charge in [-0.2, -0.15) is 0 Å². The first kappa shape index (κ1) is 10.3. The molecule has 0 heterocycles. The fraction of sp³-hybridized carbons (Fsp3) is 0.300. The fourth-order valence-corrected chi connectivity index (χ4v) is 1.30. The number of halogens is 1. The van der Waals surface area contributed by atoms with E-state index in [2.05, 4.69) is 21.2 Å². The summed E-state index contributed by atoms with van der Waals surface area (Å²) in [6.45, 7) is 4.53. The first-order valence-corrected chi connectivity index (χ1v) is 4.98. The molecule has 0 spiro atoms. The van der Waals surface area contributed by atoms with Gasteiger partial charge in [0.1, 0.15) is 0 Å². The molecule has 70 valence electrons. The summed E-state index contributed by atoms with van der Waals surface area (Å²) < 4.78 is 1.03. The summed E-state index contributed by atoms with van der Waals surface area (Å²) in [4.78, 5) is 11.4. The highest BCUT2D eigenvalue weighted by Gasteiger charge is 2.04. The molecule has 0 fully saturated rings. The van der Waals surface area contributed by atoms with Crippen molar-refractivity contribution in [2.24, 2.45) is 0 Å². The Morgan fingerprint density at radius 2 is 2.23 bits per heavy atom. The summed E-state index contributed by atoms with van der Waals surface area (Å²) in [5.74, 6) is -0.0156.